The van der Waals surface area contributed by atoms with Crippen LogP contribution in [0, 0.1) is 0 Å². The molecule has 2 heterocycles. The van der Waals surface area contributed by atoms with Crippen molar-refractivity contribution in [1.29, 1.82) is 0 Å². The van der Waals surface area contributed by atoms with E-state index in [-0.39, 0.29) is 12.0 Å². The van der Waals surface area contributed by atoms with Gasteiger partial charge in [-0.15, -0.1) is 0 Å². The SMILES string of the molecule is CCNc1cc(C(=O)NCCC2CCCCO2)c(Cl)cn1. The number of pyridine rings is 1. The topological polar surface area (TPSA) is 63.2 Å². The highest BCUT2D eigenvalue weighted by Crippen LogP contribution is 2.18. The van der Waals surface area contributed by atoms with Crippen molar-refractivity contribution in [3.8, 4) is 0 Å². The van der Waals surface area contributed by atoms with Gasteiger partial charge < -0.3 is 15.4 Å². The molecule has 116 valence electrons. The molecule has 1 aromatic rings. The predicted octanol–water partition coefficient (Wildman–Crippen LogP) is 2.86. The highest BCUT2D eigenvalue weighted by Gasteiger charge is 2.15. The Morgan fingerprint density at radius 3 is 3.10 bits per heavy atom. The van der Waals surface area contributed by atoms with Crippen LogP contribution < -0.4 is 10.6 Å². The Balaban J connectivity index is 1.85. The minimum absolute atomic E-state index is 0.169. The number of rotatable bonds is 6. The number of hydrogen-bond acceptors (Lipinski definition) is 4. The van der Waals surface area contributed by atoms with Crippen molar-refractivity contribution in [1.82, 2.24) is 10.3 Å². The predicted molar refractivity (Wildman–Crippen MR) is 84.0 cm³/mol. The van der Waals surface area contributed by atoms with Crippen molar-refractivity contribution in [3.63, 3.8) is 0 Å². The van der Waals surface area contributed by atoms with Gasteiger partial charge in [-0.05, 0) is 38.7 Å². The Hall–Kier alpha value is -1.33. The van der Waals surface area contributed by atoms with Gasteiger partial charge in [0, 0.05) is 25.9 Å². The van der Waals surface area contributed by atoms with Gasteiger partial charge in [0.15, 0.2) is 0 Å². The highest BCUT2D eigenvalue weighted by atomic mass is 35.5. The van der Waals surface area contributed by atoms with Crippen LogP contribution in [0.2, 0.25) is 5.02 Å². The third-order valence-corrected chi connectivity index (χ3v) is 3.78. The monoisotopic (exact) mass is 311 g/mol. The number of anilines is 1. The van der Waals surface area contributed by atoms with Gasteiger partial charge in [-0.3, -0.25) is 4.79 Å². The quantitative estimate of drug-likeness (QED) is 0.848. The highest BCUT2D eigenvalue weighted by molar-refractivity contribution is 6.33. The lowest BCUT2D eigenvalue weighted by molar-refractivity contribution is 0.0117. The summed E-state index contributed by atoms with van der Waals surface area (Å²) >= 11 is 6.04. The van der Waals surface area contributed by atoms with Gasteiger partial charge in [0.25, 0.3) is 5.91 Å². The molecule has 2 rings (SSSR count). The number of nitrogens with zero attached hydrogens (tertiary/aromatic N) is 1. The molecule has 0 aliphatic carbocycles. The molecule has 0 bridgehead atoms. The van der Waals surface area contributed by atoms with Crippen LogP contribution in [0.3, 0.4) is 0 Å². The first kappa shape index (κ1) is 16.0. The average Bonchev–Trinajstić information content (AvgIpc) is 2.50. The van der Waals surface area contributed by atoms with Crippen LogP contribution in [-0.2, 0) is 4.74 Å². The molecule has 1 saturated heterocycles. The maximum absolute atomic E-state index is 12.2. The van der Waals surface area contributed by atoms with Crippen molar-refractivity contribution in [2.24, 2.45) is 0 Å². The number of halogens is 1. The van der Waals surface area contributed by atoms with Crippen molar-refractivity contribution >= 4 is 23.3 Å². The van der Waals surface area contributed by atoms with E-state index >= 15 is 0 Å². The summed E-state index contributed by atoms with van der Waals surface area (Å²) in [6.45, 7) is 4.15. The van der Waals surface area contributed by atoms with E-state index in [1.807, 2.05) is 6.92 Å². The smallest absolute Gasteiger partial charge is 0.252 e. The molecular weight excluding hydrogens is 290 g/mol. The number of amides is 1. The fourth-order valence-corrected chi connectivity index (χ4v) is 2.56. The van der Waals surface area contributed by atoms with E-state index in [1.165, 1.54) is 12.6 Å². The molecule has 0 radical (unpaired) electrons. The van der Waals surface area contributed by atoms with Gasteiger partial charge in [-0.2, -0.15) is 0 Å². The van der Waals surface area contributed by atoms with Crippen molar-refractivity contribution < 1.29 is 9.53 Å². The van der Waals surface area contributed by atoms with Crippen LogP contribution in [0.1, 0.15) is 43.0 Å². The molecule has 1 aromatic heterocycles. The van der Waals surface area contributed by atoms with Gasteiger partial charge in [0.2, 0.25) is 0 Å². The van der Waals surface area contributed by atoms with Crippen LogP contribution in [0.4, 0.5) is 5.82 Å². The Morgan fingerprint density at radius 2 is 2.38 bits per heavy atom. The number of hydrogen-bond donors (Lipinski definition) is 2. The van der Waals surface area contributed by atoms with E-state index in [2.05, 4.69) is 15.6 Å². The van der Waals surface area contributed by atoms with Crippen LogP contribution in [0.15, 0.2) is 12.3 Å². The van der Waals surface area contributed by atoms with Crippen LogP contribution in [0.5, 0.6) is 0 Å². The maximum atomic E-state index is 12.2. The Labute approximate surface area is 130 Å². The summed E-state index contributed by atoms with van der Waals surface area (Å²) in [6, 6.07) is 1.68. The largest absolute Gasteiger partial charge is 0.378 e. The number of carbonyl (C=O) groups is 1. The first-order chi connectivity index (χ1) is 10.2. The second-order valence-electron chi connectivity index (χ2n) is 5.11. The van der Waals surface area contributed by atoms with E-state index in [4.69, 9.17) is 16.3 Å². The van der Waals surface area contributed by atoms with Crippen LogP contribution >= 0.6 is 11.6 Å². The summed E-state index contributed by atoms with van der Waals surface area (Å²) in [5, 5.41) is 6.33. The van der Waals surface area contributed by atoms with Gasteiger partial charge in [-0.1, -0.05) is 11.6 Å². The first-order valence-electron chi connectivity index (χ1n) is 7.50. The average molecular weight is 312 g/mol. The molecule has 0 saturated carbocycles. The standard InChI is InChI=1S/C15H22ClN3O2/c1-2-17-14-9-12(13(16)10-19-14)15(20)18-7-6-11-5-3-4-8-21-11/h9-11H,2-8H2,1H3,(H,17,19)(H,18,20). The molecule has 5 nitrogen and oxygen atoms in total. The zero-order chi connectivity index (χ0) is 15.1. The normalized spacial score (nSPS) is 18.3. The molecule has 1 amide bonds. The molecule has 1 fully saturated rings. The van der Waals surface area contributed by atoms with E-state index in [0.717, 1.165) is 32.4 Å². The lowest BCUT2D eigenvalue weighted by atomic mass is 10.1. The lowest BCUT2D eigenvalue weighted by Gasteiger charge is -2.22. The van der Waals surface area contributed by atoms with Crippen LogP contribution in [-0.4, -0.2) is 36.7 Å². The van der Waals surface area contributed by atoms with Crippen molar-refractivity contribution in [2.75, 3.05) is 25.0 Å². The third kappa shape index (κ3) is 4.86. The van der Waals surface area contributed by atoms with Crippen molar-refractivity contribution in [3.05, 3.63) is 22.8 Å². The fraction of sp³-hybridized carbons (Fsp3) is 0.600. The zero-order valence-electron chi connectivity index (χ0n) is 12.3. The number of nitrogens with one attached hydrogen (secondary N) is 2. The summed E-state index contributed by atoms with van der Waals surface area (Å²) in [6.07, 6.45) is 6.04. The first-order valence-corrected chi connectivity index (χ1v) is 7.87. The van der Waals surface area contributed by atoms with E-state index in [0.29, 0.717) is 22.9 Å². The Morgan fingerprint density at radius 1 is 1.52 bits per heavy atom. The molecule has 21 heavy (non-hydrogen) atoms. The maximum Gasteiger partial charge on any atom is 0.252 e. The minimum atomic E-state index is -0.169. The molecule has 6 heteroatoms. The molecule has 1 aliphatic rings. The summed E-state index contributed by atoms with van der Waals surface area (Å²) in [4.78, 5) is 16.3. The minimum Gasteiger partial charge on any atom is -0.378 e. The van der Waals surface area contributed by atoms with Crippen LogP contribution in [0.25, 0.3) is 0 Å². The molecule has 1 aliphatic heterocycles. The lowest BCUT2D eigenvalue weighted by Crippen LogP contribution is -2.29. The summed E-state index contributed by atoms with van der Waals surface area (Å²) < 4.78 is 5.64. The molecule has 2 N–H and O–H groups in total. The molecule has 1 atom stereocenters. The summed E-state index contributed by atoms with van der Waals surface area (Å²) in [5.41, 5.74) is 0.451. The zero-order valence-corrected chi connectivity index (χ0v) is 13.1. The van der Waals surface area contributed by atoms with Gasteiger partial charge in [-0.25, -0.2) is 4.98 Å². The number of carbonyl (C=O) groups excluding carboxylic acids is 1. The number of ether oxygens (including phenoxy) is 1. The van der Waals surface area contributed by atoms with E-state index in [1.54, 1.807) is 6.07 Å². The fourth-order valence-electron chi connectivity index (χ4n) is 2.37. The second-order valence-corrected chi connectivity index (χ2v) is 5.52. The van der Waals surface area contributed by atoms with E-state index in [9.17, 15) is 4.79 Å². The van der Waals surface area contributed by atoms with E-state index < -0.39 is 0 Å². The molecule has 1 unspecified atom stereocenters. The number of aromatic nitrogens is 1. The van der Waals surface area contributed by atoms with Gasteiger partial charge in [0.1, 0.15) is 5.82 Å². The van der Waals surface area contributed by atoms with Gasteiger partial charge >= 0.3 is 0 Å². The third-order valence-electron chi connectivity index (χ3n) is 3.48. The molecular formula is C15H22ClN3O2. The Bertz CT molecular complexity index is 476. The summed E-state index contributed by atoms with van der Waals surface area (Å²) in [5.74, 6) is 0.486. The Kier molecular flexibility index (Phi) is 6.26. The van der Waals surface area contributed by atoms with Gasteiger partial charge in [0.05, 0.1) is 16.7 Å². The molecule has 0 spiro atoms. The van der Waals surface area contributed by atoms with Crippen molar-refractivity contribution in [2.45, 2.75) is 38.7 Å². The molecule has 0 aromatic carbocycles. The summed E-state index contributed by atoms with van der Waals surface area (Å²) in [7, 11) is 0. The second kappa shape index (κ2) is 8.20.